The van der Waals surface area contributed by atoms with Gasteiger partial charge in [-0.15, -0.1) is 12.6 Å². The molecule has 1 nitrogen and oxygen atoms in total. The summed E-state index contributed by atoms with van der Waals surface area (Å²) in [5.74, 6) is 1.17. The number of aliphatic hydroxyl groups is 1. The number of hydrogen-bond donors (Lipinski definition) is 6. The standard InChI is InChI=1S/C8H16OS6/c9-8(7(14)15,1-5(12)3-10)2-6(13)4-11/h5-6,9-13H,1-4H2,(H,14,15). The number of thiocarbonyl (C=S) groups is 1. The summed E-state index contributed by atoms with van der Waals surface area (Å²) in [5, 5.41) is 10.3. The van der Waals surface area contributed by atoms with Gasteiger partial charge in [-0.05, 0) is 12.8 Å². The lowest BCUT2D eigenvalue weighted by Gasteiger charge is -2.30. The molecule has 0 amide bonds. The lowest BCUT2D eigenvalue weighted by molar-refractivity contribution is 0.101. The minimum absolute atomic E-state index is 0.0103. The zero-order valence-corrected chi connectivity index (χ0v) is 13.4. The second-order valence-electron chi connectivity index (χ2n) is 3.42. The molecule has 2 atom stereocenters. The predicted molar refractivity (Wildman–Crippen MR) is 89.0 cm³/mol. The quantitative estimate of drug-likeness (QED) is 0.320. The van der Waals surface area contributed by atoms with Crippen molar-refractivity contribution in [2.24, 2.45) is 0 Å². The fourth-order valence-electron chi connectivity index (χ4n) is 1.17. The molecule has 90 valence electrons. The van der Waals surface area contributed by atoms with Crippen molar-refractivity contribution in [2.75, 3.05) is 11.5 Å². The molecule has 0 aromatic rings. The van der Waals surface area contributed by atoms with E-state index in [2.05, 4.69) is 63.1 Å². The molecule has 0 rings (SSSR count). The summed E-state index contributed by atoms with van der Waals surface area (Å²) in [6.07, 6.45) is 0.875. The van der Waals surface area contributed by atoms with Crippen LogP contribution in [0.1, 0.15) is 12.8 Å². The Balaban J connectivity index is 4.52. The van der Waals surface area contributed by atoms with Crippen LogP contribution in [-0.4, -0.2) is 36.9 Å². The van der Waals surface area contributed by atoms with Crippen molar-refractivity contribution < 1.29 is 5.11 Å². The van der Waals surface area contributed by atoms with Gasteiger partial charge in [-0.3, -0.25) is 0 Å². The van der Waals surface area contributed by atoms with E-state index < -0.39 is 5.60 Å². The van der Waals surface area contributed by atoms with Crippen molar-refractivity contribution in [3.05, 3.63) is 0 Å². The second kappa shape index (κ2) is 8.00. The molecule has 0 radical (unpaired) electrons. The maximum absolute atomic E-state index is 10.3. The normalized spacial score (nSPS) is 19.3. The van der Waals surface area contributed by atoms with Crippen molar-refractivity contribution >= 4 is 79.6 Å². The number of thiol groups is 5. The summed E-state index contributed by atoms with van der Waals surface area (Å²) in [6.45, 7) is 0. The van der Waals surface area contributed by atoms with Crippen LogP contribution < -0.4 is 0 Å². The van der Waals surface area contributed by atoms with E-state index in [-0.39, 0.29) is 14.7 Å². The summed E-state index contributed by atoms with van der Waals surface area (Å²) < 4.78 is 0.282. The number of rotatable bonds is 7. The van der Waals surface area contributed by atoms with Gasteiger partial charge in [0, 0.05) is 22.0 Å². The Hall–Kier alpha value is 1.80. The summed E-state index contributed by atoms with van der Waals surface area (Å²) in [7, 11) is 0. The number of hydrogen-bond acceptors (Lipinski definition) is 6. The fourth-order valence-corrected chi connectivity index (χ4v) is 2.38. The van der Waals surface area contributed by atoms with Gasteiger partial charge in [-0.1, -0.05) is 12.2 Å². The van der Waals surface area contributed by atoms with Crippen LogP contribution in [0.15, 0.2) is 0 Å². The molecule has 1 N–H and O–H groups in total. The van der Waals surface area contributed by atoms with Crippen LogP contribution in [0.2, 0.25) is 0 Å². The Morgan fingerprint density at radius 3 is 1.67 bits per heavy atom. The molecule has 7 heteroatoms. The highest BCUT2D eigenvalue weighted by atomic mass is 32.1. The molecule has 0 aliphatic heterocycles. The van der Waals surface area contributed by atoms with E-state index in [9.17, 15) is 5.11 Å². The Kier molecular flexibility index (Phi) is 8.96. The zero-order valence-electron chi connectivity index (χ0n) is 8.07. The summed E-state index contributed by atoms with van der Waals surface area (Å²) in [6, 6.07) is 0. The minimum Gasteiger partial charge on any atom is -0.384 e. The minimum atomic E-state index is -1.11. The van der Waals surface area contributed by atoms with Crippen molar-refractivity contribution in [2.45, 2.75) is 28.9 Å². The Labute approximate surface area is 124 Å². The first-order valence-corrected chi connectivity index (χ1v) is 7.54. The van der Waals surface area contributed by atoms with Crippen LogP contribution in [-0.2, 0) is 0 Å². The molecule has 0 aliphatic carbocycles. The van der Waals surface area contributed by atoms with Gasteiger partial charge in [-0.2, -0.15) is 50.5 Å². The van der Waals surface area contributed by atoms with Crippen LogP contribution in [0.4, 0.5) is 0 Å². The summed E-state index contributed by atoms with van der Waals surface area (Å²) in [4.78, 5) is 0. The van der Waals surface area contributed by atoms with Crippen LogP contribution in [0.5, 0.6) is 0 Å². The molecule has 0 aromatic heterocycles. The van der Waals surface area contributed by atoms with Gasteiger partial charge in [-0.25, -0.2) is 0 Å². The lowest BCUT2D eigenvalue weighted by atomic mass is 9.94. The Bertz CT molecular complexity index is 197. The van der Waals surface area contributed by atoms with E-state index in [1.54, 1.807) is 0 Å². The maximum atomic E-state index is 10.3. The third kappa shape index (κ3) is 6.33. The Morgan fingerprint density at radius 2 is 1.47 bits per heavy atom. The van der Waals surface area contributed by atoms with E-state index in [1.165, 1.54) is 0 Å². The van der Waals surface area contributed by atoms with E-state index in [0.717, 1.165) is 0 Å². The highest BCUT2D eigenvalue weighted by molar-refractivity contribution is 8.11. The molecule has 0 aromatic carbocycles. The summed E-state index contributed by atoms with van der Waals surface area (Å²) >= 11 is 25.9. The van der Waals surface area contributed by atoms with Gasteiger partial charge >= 0.3 is 0 Å². The van der Waals surface area contributed by atoms with Crippen LogP contribution >= 0.6 is 75.4 Å². The summed E-state index contributed by atoms with van der Waals surface area (Å²) in [5.41, 5.74) is -1.11. The maximum Gasteiger partial charge on any atom is 0.107 e. The molecular formula is C8H16OS6. The lowest BCUT2D eigenvalue weighted by Crippen LogP contribution is -2.40. The van der Waals surface area contributed by atoms with Gasteiger partial charge in [0.05, 0.1) is 4.20 Å². The van der Waals surface area contributed by atoms with E-state index >= 15 is 0 Å². The monoisotopic (exact) mass is 320 g/mol. The van der Waals surface area contributed by atoms with Crippen LogP contribution in [0, 0.1) is 0 Å². The molecule has 15 heavy (non-hydrogen) atoms. The largest absolute Gasteiger partial charge is 0.384 e. The first-order chi connectivity index (χ1) is 6.85. The SMILES string of the molecule is OC(CC(S)CS)(CC(S)CS)C(=S)S. The smallest absolute Gasteiger partial charge is 0.107 e. The molecular weight excluding hydrogens is 304 g/mol. The van der Waals surface area contributed by atoms with Gasteiger partial charge in [0.25, 0.3) is 0 Å². The first kappa shape index (κ1) is 16.8. The van der Waals surface area contributed by atoms with E-state index in [0.29, 0.717) is 24.3 Å². The molecule has 0 heterocycles. The molecule has 2 unspecified atom stereocenters. The van der Waals surface area contributed by atoms with Crippen molar-refractivity contribution in [3.63, 3.8) is 0 Å². The zero-order chi connectivity index (χ0) is 12.1. The van der Waals surface area contributed by atoms with Gasteiger partial charge < -0.3 is 5.11 Å². The predicted octanol–water partition coefficient (Wildman–Crippen LogP) is 2.21. The molecule has 0 saturated carbocycles. The first-order valence-electron chi connectivity index (χ1n) is 4.39. The van der Waals surface area contributed by atoms with Crippen molar-refractivity contribution in [1.82, 2.24) is 0 Å². The molecule has 0 bridgehead atoms. The third-order valence-corrected chi connectivity index (χ3v) is 4.95. The topological polar surface area (TPSA) is 20.2 Å². The van der Waals surface area contributed by atoms with Crippen molar-refractivity contribution in [1.29, 1.82) is 0 Å². The molecule has 0 fully saturated rings. The Morgan fingerprint density at radius 1 is 1.13 bits per heavy atom. The van der Waals surface area contributed by atoms with Crippen molar-refractivity contribution in [3.8, 4) is 0 Å². The van der Waals surface area contributed by atoms with Crippen LogP contribution in [0.3, 0.4) is 0 Å². The van der Waals surface area contributed by atoms with Gasteiger partial charge in [0.2, 0.25) is 0 Å². The second-order valence-corrected chi connectivity index (χ2v) is 6.77. The van der Waals surface area contributed by atoms with E-state index in [1.807, 2.05) is 0 Å². The van der Waals surface area contributed by atoms with E-state index in [4.69, 9.17) is 12.2 Å². The average Bonchev–Trinajstić information content (AvgIpc) is 2.16. The van der Waals surface area contributed by atoms with Crippen LogP contribution in [0.25, 0.3) is 0 Å². The molecule has 0 saturated heterocycles. The van der Waals surface area contributed by atoms with Gasteiger partial charge in [0.15, 0.2) is 0 Å². The molecule has 0 aliphatic rings. The molecule has 0 spiro atoms. The average molecular weight is 321 g/mol. The highest BCUT2D eigenvalue weighted by Gasteiger charge is 2.33. The fraction of sp³-hybridized carbons (Fsp3) is 0.875. The third-order valence-electron chi connectivity index (χ3n) is 1.97. The highest BCUT2D eigenvalue weighted by Crippen LogP contribution is 2.28. The van der Waals surface area contributed by atoms with Gasteiger partial charge in [0.1, 0.15) is 5.60 Å².